The number of nitrogens with one attached hydrogen (secondary N) is 2. The van der Waals surface area contributed by atoms with E-state index in [1.165, 1.54) is 0 Å². The average Bonchev–Trinajstić information content (AvgIpc) is 2.82. The fourth-order valence-electron chi connectivity index (χ4n) is 3.91. The zero-order chi connectivity index (χ0) is 24.1. The van der Waals surface area contributed by atoms with Crippen LogP contribution in [0.2, 0.25) is 5.02 Å². The molecule has 176 valence electrons. The Morgan fingerprint density at radius 2 is 1.62 bits per heavy atom. The molecule has 3 aromatic carbocycles. The molecule has 1 aliphatic rings. The van der Waals surface area contributed by atoms with Gasteiger partial charge in [0, 0.05) is 17.3 Å². The van der Waals surface area contributed by atoms with Crippen LogP contribution in [0, 0.1) is 5.92 Å². The van der Waals surface area contributed by atoms with Crippen molar-refractivity contribution in [2.24, 2.45) is 5.92 Å². The predicted octanol–water partition coefficient (Wildman–Crippen LogP) is 4.84. The molecule has 2 N–H and O–H groups in total. The van der Waals surface area contributed by atoms with Crippen molar-refractivity contribution in [3.63, 3.8) is 0 Å². The first-order valence-electron chi connectivity index (χ1n) is 11.3. The summed E-state index contributed by atoms with van der Waals surface area (Å²) < 4.78 is 5.70. The van der Waals surface area contributed by atoms with Gasteiger partial charge in [0.25, 0.3) is 0 Å². The Morgan fingerprint density at radius 1 is 0.941 bits per heavy atom. The highest BCUT2D eigenvalue weighted by molar-refractivity contribution is 6.30. The number of anilines is 1. The lowest BCUT2D eigenvalue weighted by molar-refractivity contribution is -0.151. The van der Waals surface area contributed by atoms with E-state index in [0.29, 0.717) is 18.0 Å². The first kappa shape index (κ1) is 23.6. The van der Waals surface area contributed by atoms with Gasteiger partial charge in [-0.25, -0.2) is 0 Å². The van der Waals surface area contributed by atoms with Gasteiger partial charge < -0.3 is 15.4 Å². The van der Waals surface area contributed by atoms with Crippen LogP contribution >= 0.6 is 11.6 Å². The van der Waals surface area contributed by atoms with Crippen molar-refractivity contribution in [1.82, 2.24) is 10.2 Å². The predicted molar refractivity (Wildman–Crippen MR) is 133 cm³/mol. The summed E-state index contributed by atoms with van der Waals surface area (Å²) in [6.07, 6.45) is -0.276. The summed E-state index contributed by atoms with van der Waals surface area (Å²) in [7, 11) is 0. The van der Waals surface area contributed by atoms with Gasteiger partial charge in [-0.3, -0.25) is 14.5 Å². The molecule has 0 saturated carbocycles. The van der Waals surface area contributed by atoms with Crippen LogP contribution in [0.4, 0.5) is 5.69 Å². The van der Waals surface area contributed by atoms with E-state index in [1.807, 2.05) is 80.6 Å². The smallest absolute Gasteiger partial charge is 0.238 e. The summed E-state index contributed by atoms with van der Waals surface area (Å²) in [6, 6.07) is 24.4. The van der Waals surface area contributed by atoms with E-state index < -0.39 is 12.2 Å². The summed E-state index contributed by atoms with van der Waals surface area (Å²) in [5.74, 6) is -0.557. The second kappa shape index (κ2) is 10.6. The lowest BCUT2D eigenvalue weighted by Crippen LogP contribution is -2.64. The molecule has 0 spiro atoms. The van der Waals surface area contributed by atoms with Crippen LogP contribution in [-0.2, 0) is 22.6 Å². The Balaban J connectivity index is 1.56. The molecule has 3 aromatic rings. The van der Waals surface area contributed by atoms with Gasteiger partial charge in [-0.2, -0.15) is 0 Å². The number of benzene rings is 3. The number of nitrogens with zero attached hydrogens (tertiary/aromatic N) is 1. The lowest BCUT2D eigenvalue weighted by atomic mass is 9.95. The molecule has 0 bridgehead atoms. The molecule has 0 radical (unpaired) electrons. The molecule has 1 heterocycles. The standard InChI is InChI=1S/C27H28ClN3O3/c1-18(2)34-23-14-12-22(13-15-23)29-27-30-25(32)24(16-19-6-4-3-5-7-19)26(33)31(27)17-20-8-10-21(28)11-9-20/h3-15,18,24,27,29H,16-17H2,1-2H3,(H,30,32). The molecule has 0 aromatic heterocycles. The minimum Gasteiger partial charge on any atom is -0.491 e. The highest BCUT2D eigenvalue weighted by Crippen LogP contribution is 2.24. The summed E-state index contributed by atoms with van der Waals surface area (Å²) in [4.78, 5) is 28.2. The van der Waals surface area contributed by atoms with E-state index in [1.54, 1.807) is 17.0 Å². The van der Waals surface area contributed by atoms with Crippen molar-refractivity contribution in [3.8, 4) is 5.75 Å². The number of halogens is 1. The van der Waals surface area contributed by atoms with E-state index in [-0.39, 0.29) is 17.9 Å². The normalized spacial score (nSPS) is 18.1. The topological polar surface area (TPSA) is 70.7 Å². The van der Waals surface area contributed by atoms with E-state index in [0.717, 1.165) is 22.6 Å². The van der Waals surface area contributed by atoms with Crippen molar-refractivity contribution in [3.05, 3.63) is 95.0 Å². The van der Waals surface area contributed by atoms with Gasteiger partial charge in [0.1, 0.15) is 11.7 Å². The van der Waals surface area contributed by atoms with Crippen molar-refractivity contribution >= 4 is 29.1 Å². The molecule has 2 amide bonds. The molecule has 6 nitrogen and oxygen atoms in total. The number of ether oxygens (including phenoxy) is 1. The van der Waals surface area contributed by atoms with Gasteiger partial charge in [0.05, 0.1) is 6.10 Å². The van der Waals surface area contributed by atoms with E-state index >= 15 is 0 Å². The zero-order valence-electron chi connectivity index (χ0n) is 19.2. The quantitative estimate of drug-likeness (QED) is 0.455. The molecule has 1 fully saturated rings. The van der Waals surface area contributed by atoms with Crippen LogP contribution in [0.15, 0.2) is 78.9 Å². The summed E-state index contributed by atoms with van der Waals surface area (Å²) in [5, 5.41) is 6.90. The molecule has 0 aliphatic carbocycles. The second-order valence-electron chi connectivity index (χ2n) is 8.58. The number of rotatable bonds is 8. The van der Waals surface area contributed by atoms with Crippen LogP contribution in [0.25, 0.3) is 0 Å². The molecule has 4 rings (SSSR count). The largest absolute Gasteiger partial charge is 0.491 e. The molecule has 34 heavy (non-hydrogen) atoms. The lowest BCUT2D eigenvalue weighted by Gasteiger charge is -2.40. The Labute approximate surface area is 204 Å². The van der Waals surface area contributed by atoms with Crippen molar-refractivity contribution in [2.75, 3.05) is 5.32 Å². The van der Waals surface area contributed by atoms with E-state index in [4.69, 9.17) is 16.3 Å². The monoisotopic (exact) mass is 477 g/mol. The third-order valence-electron chi connectivity index (χ3n) is 5.57. The maximum atomic E-state index is 13.6. The van der Waals surface area contributed by atoms with Gasteiger partial charge in [0.2, 0.25) is 11.8 Å². The molecular formula is C27H28ClN3O3. The van der Waals surface area contributed by atoms with Gasteiger partial charge in [-0.1, -0.05) is 54.1 Å². The van der Waals surface area contributed by atoms with Crippen molar-refractivity contribution in [2.45, 2.75) is 39.2 Å². The molecule has 1 saturated heterocycles. The Hall–Kier alpha value is -3.51. The SMILES string of the molecule is CC(C)Oc1ccc(NC2NC(=O)C(Cc3ccccc3)C(=O)N2Cc2ccc(Cl)cc2)cc1. The third kappa shape index (κ3) is 5.88. The fourth-order valence-corrected chi connectivity index (χ4v) is 4.04. The summed E-state index contributed by atoms with van der Waals surface area (Å²) in [5.41, 5.74) is 2.62. The molecule has 2 unspecified atom stereocenters. The first-order valence-corrected chi connectivity index (χ1v) is 11.7. The van der Waals surface area contributed by atoms with Crippen LogP contribution < -0.4 is 15.4 Å². The molecule has 1 aliphatic heterocycles. The Bertz CT molecular complexity index is 1120. The molecular weight excluding hydrogens is 450 g/mol. The van der Waals surface area contributed by atoms with Gasteiger partial charge >= 0.3 is 0 Å². The highest BCUT2D eigenvalue weighted by Gasteiger charge is 2.40. The maximum Gasteiger partial charge on any atom is 0.238 e. The van der Waals surface area contributed by atoms with Gasteiger partial charge in [0.15, 0.2) is 6.29 Å². The number of amides is 2. The number of hydrogen-bond donors (Lipinski definition) is 2. The van der Waals surface area contributed by atoms with E-state index in [9.17, 15) is 9.59 Å². The highest BCUT2D eigenvalue weighted by atomic mass is 35.5. The minimum absolute atomic E-state index is 0.0745. The average molecular weight is 478 g/mol. The van der Waals surface area contributed by atoms with Crippen LogP contribution in [0.5, 0.6) is 5.75 Å². The zero-order valence-corrected chi connectivity index (χ0v) is 20.0. The summed E-state index contributed by atoms with van der Waals surface area (Å²) in [6.45, 7) is 4.26. The van der Waals surface area contributed by atoms with Crippen molar-refractivity contribution < 1.29 is 14.3 Å². The van der Waals surface area contributed by atoms with Crippen LogP contribution in [0.1, 0.15) is 25.0 Å². The second-order valence-corrected chi connectivity index (χ2v) is 9.02. The number of carbonyl (C=O) groups is 2. The maximum absolute atomic E-state index is 13.6. The number of carbonyl (C=O) groups excluding carboxylic acids is 2. The third-order valence-corrected chi connectivity index (χ3v) is 5.82. The van der Waals surface area contributed by atoms with Crippen LogP contribution in [-0.4, -0.2) is 29.1 Å². The number of hydrogen-bond acceptors (Lipinski definition) is 4. The molecule has 2 atom stereocenters. The first-order chi connectivity index (χ1) is 16.4. The molecule has 7 heteroatoms. The van der Waals surface area contributed by atoms with Gasteiger partial charge in [-0.15, -0.1) is 0 Å². The van der Waals surface area contributed by atoms with Gasteiger partial charge in [-0.05, 0) is 67.8 Å². The van der Waals surface area contributed by atoms with Crippen LogP contribution in [0.3, 0.4) is 0 Å². The van der Waals surface area contributed by atoms with E-state index in [2.05, 4.69) is 10.6 Å². The fraction of sp³-hybridized carbons (Fsp3) is 0.259. The minimum atomic E-state index is -0.797. The Morgan fingerprint density at radius 3 is 2.26 bits per heavy atom. The summed E-state index contributed by atoms with van der Waals surface area (Å²) >= 11 is 6.04. The van der Waals surface area contributed by atoms with Crippen molar-refractivity contribution in [1.29, 1.82) is 0 Å². The Kier molecular flexibility index (Phi) is 7.38.